The zero-order chi connectivity index (χ0) is 20.6. The third-order valence-corrected chi connectivity index (χ3v) is 4.68. The molecule has 0 radical (unpaired) electrons. The van der Waals surface area contributed by atoms with Crippen LogP contribution in [-0.2, 0) is 11.4 Å². The Morgan fingerprint density at radius 3 is 2.62 bits per heavy atom. The predicted octanol–water partition coefficient (Wildman–Crippen LogP) is 5.89. The molecule has 3 rings (SSSR count). The third kappa shape index (κ3) is 5.87. The minimum absolute atomic E-state index is 0.263. The summed E-state index contributed by atoms with van der Waals surface area (Å²) in [6.07, 6.45) is 3.21. The van der Waals surface area contributed by atoms with Crippen molar-refractivity contribution < 1.29 is 14.3 Å². The molecule has 4 nitrogen and oxygen atoms in total. The van der Waals surface area contributed by atoms with Crippen molar-refractivity contribution in [3.05, 3.63) is 94.5 Å². The molecular formula is C24H22ClNO3. The van der Waals surface area contributed by atoms with E-state index in [2.05, 4.69) is 5.32 Å². The van der Waals surface area contributed by atoms with E-state index < -0.39 is 0 Å². The van der Waals surface area contributed by atoms with E-state index in [4.69, 9.17) is 21.1 Å². The molecular weight excluding hydrogens is 386 g/mol. The summed E-state index contributed by atoms with van der Waals surface area (Å²) in [5.74, 6) is 0.991. The standard InChI is InChI=1S/C24H22ClNO3/c1-17-13-22(23(28-2)15-21(17)25)26-24(27)12-11-18-9-6-10-20(14-18)29-16-19-7-4-3-5-8-19/h3-15H,16H2,1-2H3,(H,26,27)/b12-11+. The lowest BCUT2D eigenvalue weighted by Crippen LogP contribution is -2.09. The van der Waals surface area contributed by atoms with Crippen molar-refractivity contribution in [3.8, 4) is 11.5 Å². The molecule has 0 aliphatic rings. The van der Waals surface area contributed by atoms with Crippen molar-refractivity contribution in [1.29, 1.82) is 0 Å². The summed E-state index contributed by atoms with van der Waals surface area (Å²) >= 11 is 6.10. The van der Waals surface area contributed by atoms with Gasteiger partial charge in [0.25, 0.3) is 0 Å². The Morgan fingerprint density at radius 1 is 1.07 bits per heavy atom. The van der Waals surface area contributed by atoms with E-state index >= 15 is 0 Å². The van der Waals surface area contributed by atoms with Gasteiger partial charge in [-0.3, -0.25) is 4.79 Å². The van der Waals surface area contributed by atoms with Crippen LogP contribution in [0.5, 0.6) is 11.5 Å². The first-order chi connectivity index (χ1) is 14.0. The van der Waals surface area contributed by atoms with Gasteiger partial charge in [-0.05, 0) is 47.9 Å². The number of carbonyl (C=O) groups is 1. The van der Waals surface area contributed by atoms with Crippen LogP contribution in [0.3, 0.4) is 0 Å². The van der Waals surface area contributed by atoms with Crippen LogP contribution in [0.4, 0.5) is 5.69 Å². The highest BCUT2D eigenvalue weighted by Crippen LogP contribution is 2.31. The fraction of sp³-hybridized carbons (Fsp3) is 0.125. The number of benzene rings is 3. The largest absolute Gasteiger partial charge is 0.495 e. The maximum absolute atomic E-state index is 12.3. The average Bonchev–Trinajstić information content (AvgIpc) is 2.74. The maximum Gasteiger partial charge on any atom is 0.248 e. The summed E-state index contributed by atoms with van der Waals surface area (Å²) in [5.41, 5.74) is 3.39. The molecule has 0 aliphatic carbocycles. The quantitative estimate of drug-likeness (QED) is 0.497. The lowest BCUT2D eigenvalue weighted by Gasteiger charge is -2.11. The van der Waals surface area contributed by atoms with E-state index in [1.807, 2.05) is 61.5 Å². The number of carbonyl (C=O) groups excluding carboxylic acids is 1. The fourth-order valence-corrected chi connectivity index (χ4v) is 2.88. The molecule has 1 N–H and O–H groups in total. The lowest BCUT2D eigenvalue weighted by atomic mass is 10.2. The molecule has 1 amide bonds. The number of methoxy groups -OCH3 is 1. The number of nitrogens with one attached hydrogen (secondary N) is 1. The lowest BCUT2D eigenvalue weighted by molar-refractivity contribution is -0.111. The Balaban J connectivity index is 1.64. The van der Waals surface area contributed by atoms with Crippen LogP contribution in [0.2, 0.25) is 5.02 Å². The molecule has 0 aromatic heterocycles. The van der Waals surface area contributed by atoms with Crippen molar-refractivity contribution in [1.82, 2.24) is 0 Å². The van der Waals surface area contributed by atoms with Gasteiger partial charge in [0.15, 0.2) is 0 Å². The first-order valence-electron chi connectivity index (χ1n) is 9.15. The molecule has 0 atom stereocenters. The molecule has 3 aromatic rings. The van der Waals surface area contributed by atoms with Gasteiger partial charge >= 0.3 is 0 Å². The Kier molecular flexibility index (Phi) is 6.93. The van der Waals surface area contributed by atoms with Crippen molar-refractivity contribution in [3.63, 3.8) is 0 Å². The number of aryl methyl sites for hydroxylation is 1. The van der Waals surface area contributed by atoms with Crippen LogP contribution >= 0.6 is 11.6 Å². The molecule has 0 fully saturated rings. The fourth-order valence-electron chi connectivity index (χ4n) is 2.73. The Hall–Kier alpha value is -3.24. The molecule has 0 heterocycles. The minimum atomic E-state index is -0.263. The number of hydrogen-bond donors (Lipinski definition) is 1. The van der Waals surface area contributed by atoms with Gasteiger partial charge in [-0.25, -0.2) is 0 Å². The number of amides is 1. The van der Waals surface area contributed by atoms with Gasteiger partial charge in [0.1, 0.15) is 18.1 Å². The topological polar surface area (TPSA) is 47.6 Å². The van der Waals surface area contributed by atoms with Crippen LogP contribution in [-0.4, -0.2) is 13.0 Å². The van der Waals surface area contributed by atoms with Gasteiger partial charge in [-0.1, -0.05) is 54.1 Å². The predicted molar refractivity (Wildman–Crippen MR) is 118 cm³/mol. The Bertz CT molecular complexity index is 1020. The van der Waals surface area contributed by atoms with Gasteiger partial charge in [0.05, 0.1) is 12.8 Å². The molecule has 0 spiro atoms. The minimum Gasteiger partial charge on any atom is -0.495 e. The number of ether oxygens (including phenoxy) is 2. The van der Waals surface area contributed by atoms with Crippen LogP contribution < -0.4 is 14.8 Å². The van der Waals surface area contributed by atoms with E-state index in [9.17, 15) is 4.79 Å². The van der Waals surface area contributed by atoms with Crippen LogP contribution in [0.15, 0.2) is 72.8 Å². The third-order valence-electron chi connectivity index (χ3n) is 4.27. The summed E-state index contributed by atoms with van der Waals surface area (Å²) in [4.78, 5) is 12.3. The van der Waals surface area contributed by atoms with E-state index in [1.165, 1.54) is 13.2 Å². The molecule has 5 heteroatoms. The smallest absolute Gasteiger partial charge is 0.248 e. The van der Waals surface area contributed by atoms with E-state index in [1.54, 1.807) is 18.2 Å². The summed E-state index contributed by atoms with van der Waals surface area (Å²) in [5, 5.41) is 3.41. The Labute approximate surface area is 175 Å². The molecule has 0 saturated carbocycles. The van der Waals surface area contributed by atoms with Crippen LogP contribution in [0.25, 0.3) is 6.08 Å². The number of rotatable bonds is 7. The Morgan fingerprint density at radius 2 is 1.86 bits per heavy atom. The summed E-state index contributed by atoms with van der Waals surface area (Å²) in [6, 6.07) is 21.0. The summed E-state index contributed by atoms with van der Waals surface area (Å²) in [6.45, 7) is 2.36. The molecule has 0 aliphatic heterocycles. The molecule has 148 valence electrons. The second kappa shape index (κ2) is 9.80. The second-order valence-corrected chi connectivity index (χ2v) is 6.88. The first kappa shape index (κ1) is 20.5. The van der Waals surface area contributed by atoms with Crippen LogP contribution in [0.1, 0.15) is 16.7 Å². The zero-order valence-corrected chi connectivity index (χ0v) is 17.1. The zero-order valence-electron chi connectivity index (χ0n) is 16.3. The summed E-state index contributed by atoms with van der Waals surface area (Å²) < 4.78 is 11.1. The van der Waals surface area contributed by atoms with Gasteiger partial charge in [0, 0.05) is 17.2 Å². The number of halogens is 1. The van der Waals surface area contributed by atoms with Gasteiger partial charge < -0.3 is 14.8 Å². The molecule has 0 bridgehead atoms. The van der Waals surface area contributed by atoms with E-state index in [-0.39, 0.29) is 5.91 Å². The van der Waals surface area contributed by atoms with Crippen molar-refractivity contribution in [2.45, 2.75) is 13.5 Å². The van der Waals surface area contributed by atoms with Gasteiger partial charge in [-0.15, -0.1) is 0 Å². The molecule has 0 saturated heterocycles. The van der Waals surface area contributed by atoms with Crippen molar-refractivity contribution in [2.24, 2.45) is 0 Å². The highest BCUT2D eigenvalue weighted by molar-refractivity contribution is 6.31. The van der Waals surface area contributed by atoms with E-state index in [0.29, 0.717) is 23.1 Å². The number of anilines is 1. The van der Waals surface area contributed by atoms with Gasteiger partial charge in [-0.2, -0.15) is 0 Å². The number of hydrogen-bond acceptors (Lipinski definition) is 3. The van der Waals surface area contributed by atoms with Crippen molar-refractivity contribution in [2.75, 3.05) is 12.4 Å². The normalized spacial score (nSPS) is 10.7. The van der Waals surface area contributed by atoms with Gasteiger partial charge in [0.2, 0.25) is 5.91 Å². The second-order valence-electron chi connectivity index (χ2n) is 6.47. The summed E-state index contributed by atoms with van der Waals surface area (Å²) in [7, 11) is 1.54. The highest BCUT2D eigenvalue weighted by atomic mass is 35.5. The van der Waals surface area contributed by atoms with Crippen LogP contribution in [0, 0.1) is 6.92 Å². The molecule has 3 aromatic carbocycles. The monoisotopic (exact) mass is 407 g/mol. The average molecular weight is 408 g/mol. The molecule has 0 unspecified atom stereocenters. The maximum atomic E-state index is 12.3. The molecule has 29 heavy (non-hydrogen) atoms. The highest BCUT2D eigenvalue weighted by Gasteiger charge is 2.09. The van der Waals surface area contributed by atoms with Crippen molar-refractivity contribution >= 4 is 29.3 Å². The SMILES string of the molecule is COc1cc(Cl)c(C)cc1NC(=O)/C=C/c1cccc(OCc2ccccc2)c1. The first-order valence-corrected chi connectivity index (χ1v) is 9.53. The van der Waals surface area contributed by atoms with E-state index in [0.717, 1.165) is 22.4 Å².